The van der Waals surface area contributed by atoms with Crippen LogP contribution in [0.1, 0.15) is 0 Å². The minimum atomic E-state index is -4.89. The summed E-state index contributed by atoms with van der Waals surface area (Å²) in [6.07, 6.45) is -7.20. The molecule has 5 heteroatoms. The van der Waals surface area contributed by atoms with Gasteiger partial charge in [0.2, 0.25) is 6.17 Å². The number of hydrogen-bond acceptors (Lipinski definition) is 0. The first-order valence-corrected chi connectivity index (χ1v) is 2.80. The fraction of sp³-hybridized carbons (Fsp3) is 0.600. The molecule has 0 radical (unpaired) electrons. The van der Waals surface area contributed by atoms with Crippen molar-refractivity contribution >= 4 is 11.6 Å². The van der Waals surface area contributed by atoms with Crippen LogP contribution in [0.3, 0.4) is 0 Å². The lowest BCUT2D eigenvalue weighted by Gasteiger charge is -2.13. The highest BCUT2D eigenvalue weighted by Gasteiger charge is 2.43. The van der Waals surface area contributed by atoms with Crippen molar-refractivity contribution in [2.75, 3.05) is 0 Å². The zero-order chi connectivity index (χ0) is 8.36. The second kappa shape index (κ2) is 3.23. The summed E-state index contributed by atoms with van der Waals surface area (Å²) >= 11 is 4.89. The molecule has 0 spiro atoms. The minimum absolute atomic E-state index is 0.708. The maximum absolute atomic E-state index is 12.0. The van der Waals surface area contributed by atoms with Crippen molar-refractivity contribution < 1.29 is 17.6 Å². The summed E-state index contributed by atoms with van der Waals surface area (Å²) in [4.78, 5) is 0. The van der Waals surface area contributed by atoms with Crippen molar-refractivity contribution in [2.45, 2.75) is 17.7 Å². The van der Waals surface area contributed by atoms with Gasteiger partial charge in [0.25, 0.3) is 0 Å². The first-order chi connectivity index (χ1) is 4.39. The van der Waals surface area contributed by atoms with Crippen LogP contribution in [0.25, 0.3) is 0 Å². The van der Waals surface area contributed by atoms with E-state index in [1.807, 2.05) is 0 Å². The van der Waals surface area contributed by atoms with Gasteiger partial charge in [-0.1, -0.05) is 6.08 Å². The second-order valence-corrected chi connectivity index (χ2v) is 2.13. The maximum Gasteiger partial charge on any atom is 0.421 e. The van der Waals surface area contributed by atoms with Gasteiger partial charge < -0.3 is 0 Å². The Morgan fingerprint density at radius 2 is 1.80 bits per heavy atom. The van der Waals surface area contributed by atoms with E-state index in [0.717, 1.165) is 0 Å². The molecule has 0 aromatic carbocycles. The maximum atomic E-state index is 12.0. The lowest BCUT2D eigenvalue weighted by molar-refractivity contribution is -0.178. The average molecular weight is 177 g/mol. The molecule has 0 aliphatic rings. The smallest absolute Gasteiger partial charge is 0.235 e. The number of halogens is 5. The van der Waals surface area contributed by atoms with E-state index in [2.05, 4.69) is 6.58 Å². The van der Waals surface area contributed by atoms with Crippen LogP contribution in [0.4, 0.5) is 17.6 Å². The largest absolute Gasteiger partial charge is 0.421 e. The van der Waals surface area contributed by atoms with E-state index in [1.54, 1.807) is 0 Å². The molecule has 0 aliphatic heterocycles. The third-order valence-electron chi connectivity index (χ3n) is 0.817. The van der Waals surface area contributed by atoms with Gasteiger partial charge in [-0.3, -0.25) is 0 Å². The third kappa shape index (κ3) is 2.56. The van der Waals surface area contributed by atoms with Crippen LogP contribution in [0.2, 0.25) is 0 Å². The van der Waals surface area contributed by atoms with Crippen molar-refractivity contribution in [1.29, 1.82) is 0 Å². The quantitative estimate of drug-likeness (QED) is 0.345. The van der Waals surface area contributed by atoms with Crippen LogP contribution in [0, 0.1) is 0 Å². The molecule has 0 aromatic heterocycles. The lowest BCUT2D eigenvalue weighted by Crippen LogP contribution is -2.31. The Morgan fingerprint density at radius 1 is 1.40 bits per heavy atom. The van der Waals surface area contributed by atoms with Crippen molar-refractivity contribution in [3.8, 4) is 0 Å². The zero-order valence-corrected chi connectivity index (χ0v) is 5.58. The van der Waals surface area contributed by atoms with E-state index in [9.17, 15) is 17.6 Å². The van der Waals surface area contributed by atoms with Crippen LogP contribution >= 0.6 is 11.6 Å². The standard InChI is InChI=1S/C5H5ClF4/c1-2-3(6)4(7)5(8,9)10/h2-4H,1H2. The van der Waals surface area contributed by atoms with Gasteiger partial charge >= 0.3 is 6.18 Å². The molecule has 10 heavy (non-hydrogen) atoms. The number of hydrogen-bond donors (Lipinski definition) is 0. The number of alkyl halides is 5. The summed E-state index contributed by atoms with van der Waals surface area (Å²) in [5.41, 5.74) is 0. The molecule has 0 saturated carbocycles. The van der Waals surface area contributed by atoms with E-state index in [-0.39, 0.29) is 0 Å². The molecule has 0 aromatic rings. The molecule has 0 saturated heterocycles. The molecule has 0 N–H and O–H groups in total. The molecule has 0 aliphatic carbocycles. The van der Waals surface area contributed by atoms with E-state index in [1.165, 1.54) is 0 Å². The molecule has 60 valence electrons. The Morgan fingerprint density at radius 3 is 1.90 bits per heavy atom. The minimum Gasteiger partial charge on any atom is -0.235 e. The highest BCUT2D eigenvalue weighted by molar-refractivity contribution is 6.22. The van der Waals surface area contributed by atoms with Gasteiger partial charge in [-0.05, 0) is 0 Å². The topological polar surface area (TPSA) is 0 Å². The van der Waals surface area contributed by atoms with Crippen LogP contribution in [0.5, 0.6) is 0 Å². The van der Waals surface area contributed by atoms with E-state index in [4.69, 9.17) is 11.6 Å². The first kappa shape index (κ1) is 9.75. The molecule has 0 amide bonds. The third-order valence-corrected chi connectivity index (χ3v) is 1.22. The predicted octanol–water partition coefficient (Wildman–Crippen LogP) is 2.68. The summed E-state index contributed by atoms with van der Waals surface area (Å²) in [5, 5.41) is -1.69. The number of allylic oxidation sites excluding steroid dienone is 1. The number of rotatable bonds is 2. The van der Waals surface area contributed by atoms with Crippen LogP contribution in [-0.2, 0) is 0 Å². The molecule has 2 unspecified atom stereocenters. The van der Waals surface area contributed by atoms with Crippen molar-refractivity contribution in [2.24, 2.45) is 0 Å². The molecular weight excluding hydrogens is 171 g/mol. The van der Waals surface area contributed by atoms with E-state index >= 15 is 0 Å². The highest BCUT2D eigenvalue weighted by Crippen LogP contribution is 2.28. The highest BCUT2D eigenvalue weighted by atomic mass is 35.5. The van der Waals surface area contributed by atoms with E-state index < -0.39 is 17.7 Å². The van der Waals surface area contributed by atoms with Crippen molar-refractivity contribution in [3.05, 3.63) is 12.7 Å². The van der Waals surface area contributed by atoms with Gasteiger partial charge in [0.15, 0.2) is 0 Å². The summed E-state index contributed by atoms with van der Waals surface area (Å²) in [5.74, 6) is 0. The molecule has 0 nitrogen and oxygen atoms in total. The Labute approximate surface area is 60.5 Å². The predicted molar refractivity (Wildman–Crippen MR) is 30.8 cm³/mol. The Balaban J connectivity index is 4.07. The Kier molecular flexibility index (Phi) is 3.15. The van der Waals surface area contributed by atoms with E-state index in [0.29, 0.717) is 6.08 Å². The van der Waals surface area contributed by atoms with Gasteiger partial charge in [-0.15, -0.1) is 18.2 Å². The first-order valence-electron chi connectivity index (χ1n) is 2.37. The normalized spacial score (nSPS) is 18.1. The zero-order valence-electron chi connectivity index (χ0n) is 4.83. The molecule has 2 atom stereocenters. The van der Waals surface area contributed by atoms with Gasteiger partial charge in [-0.25, -0.2) is 4.39 Å². The fourth-order valence-electron chi connectivity index (χ4n) is 0.300. The van der Waals surface area contributed by atoms with Crippen LogP contribution in [0.15, 0.2) is 12.7 Å². The van der Waals surface area contributed by atoms with Crippen molar-refractivity contribution in [3.63, 3.8) is 0 Å². The van der Waals surface area contributed by atoms with Crippen LogP contribution < -0.4 is 0 Å². The molecule has 0 bridgehead atoms. The van der Waals surface area contributed by atoms with Gasteiger partial charge in [0.1, 0.15) is 0 Å². The molecule has 0 fully saturated rings. The second-order valence-electron chi connectivity index (χ2n) is 1.62. The average Bonchev–Trinajstić information content (AvgIpc) is 1.83. The van der Waals surface area contributed by atoms with Gasteiger partial charge in [-0.2, -0.15) is 13.2 Å². The van der Waals surface area contributed by atoms with Gasteiger partial charge in [0, 0.05) is 0 Å². The summed E-state index contributed by atoms with van der Waals surface area (Å²) in [7, 11) is 0. The van der Waals surface area contributed by atoms with Crippen LogP contribution in [-0.4, -0.2) is 17.7 Å². The summed E-state index contributed by atoms with van der Waals surface area (Å²) in [6, 6.07) is 0. The molecule has 0 rings (SSSR count). The summed E-state index contributed by atoms with van der Waals surface area (Å²) in [6.45, 7) is 2.92. The Hall–Kier alpha value is -0.250. The fourth-order valence-corrected chi connectivity index (χ4v) is 0.443. The molecular formula is C5H5ClF4. The molecule has 0 heterocycles. The summed E-state index contributed by atoms with van der Waals surface area (Å²) < 4.78 is 46.1. The monoisotopic (exact) mass is 176 g/mol. The van der Waals surface area contributed by atoms with Gasteiger partial charge in [0.05, 0.1) is 5.38 Å². The Bertz CT molecular complexity index is 119. The van der Waals surface area contributed by atoms with Crippen molar-refractivity contribution in [1.82, 2.24) is 0 Å². The lowest BCUT2D eigenvalue weighted by atomic mass is 10.2. The SMILES string of the molecule is C=CC(Cl)C(F)C(F)(F)F.